The Balaban J connectivity index is 4.40. The van der Waals surface area contributed by atoms with Crippen molar-refractivity contribution in [2.75, 3.05) is 12.0 Å². The Morgan fingerprint density at radius 2 is 1.65 bits per heavy atom. The molecule has 0 rings (SSSR count). The van der Waals surface area contributed by atoms with Crippen LogP contribution in [0.4, 0.5) is 0 Å². The molecule has 6 nitrogen and oxygen atoms in total. The Kier molecular flexibility index (Phi) is 5.60. The van der Waals surface area contributed by atoms with Crippen LogP contribution < -0.4 is 5.32 Å². The fraction of sp³-hybridized carbons (Fsp3) is 0.800. The minimum atomic E-state index is -3.16. The standard InChI is InChI=1S/C10H19NO5S/c1-6(5-17(4,15)16)11-9(12)7(2)8(3)10(13)14/h6-8H,5H2,1-4H3,(H,11,12)(H,13,14). The number of hydrogen-bond donors (Lipinski definition) is 2. The van der Waals surface area contributed by atoms with E-state index in [0.29, 0.717) is 0 Å². The third-order valence-corrected chi connectivity index (χ3v) is 3.60. The summed E-state index contributed by atoms with van der Waals surface area (Å²) in [6.07, 6.45) is 1.08. The van der Waals surface area contributed by atoms with Gasteiger partial charge in [-0.3, -0.25) is 9.59 Å². The second kappa shape index (κ2) is 6.00. The third-order valence-electron chi connectivity index (χ3n) is 2.49. The van der Waals surface area contributed by atoms with E-state index in [1.54, 1.807) is 6.92 Å². The van der Waals surface area contributed by atoms with Crippen molar-refractivity contribution < 1.29 is 23.1 Å². The number of amides is 1. The van der Waals surface area contributed by atoms with Crippen molar-refractivity contribution in [3.8, 4) is 0 Å². The van der Waals surface area contributed by atoms with E-state index in [4.69, 9.17) is 5.11 Å². The summed E-state index contributed by atoms with van der Waals surface area (Å²) in [6, 6.07) is -0.527. The Hall–Kier alpha value is -1.11. The Morgan fingerprint density at radius 3 is 2.00 bits per heavy atom. The fourth-order valence-electron chi connectivity index (χ4n) is 1.31. The van der Waals surface area contributed by atoms with E-state index in [2.05, 4.69) is 5.32 Å². The van der Waals surface area contributed by atoms with Gasteiger partial charge in [0.25, 0.3) is 0 Å². The molecule has 17 heavy (non-hydrogen) atoms. The lowest BCUT2D eigenvalue weighted by molar-refractivity contribution is -0.146. The predicted molar refractivity (Wildman–Crippen MR) is 63.3 cm³/mol. The fourth-order valence-corrected chi connectivity index (χ4v) is 2.30. The second-order valence-electron chi connectivity index (χ2n) is 4.42. The number of nitrogens with one attached hydrogen (secondary N) is 1. The normalized spacial score (nSPS) is 16.9. The van der Waals surface area contributed by atoms with Crippen LogP contribution in [0.2, 0.25) is 0 Å². The molecule has 0 radical (unpaired) electrons. The zero-order valence-corrected chi connectivity index (χ0v) is 11.2. The van der Waals surface area contributed by atoms with E-state index in [0.717, 1.165) is 6.26 Å². The smallest absolute Gasteiger partial charge is 0.307 e. The molecule has 0 aromatic rings. The van der Waals surface area contributed by atoms with Gasteiger partial charge in [0.2, 0.25) is 5.91 Å². The van der Waals surface area contributed by atoms with Crippen molar-refractivity contribution in [2.45, 2.75) is 26.8 Å². The molecule has 0 aromatic heterocycles. The quantitative estimate of drug-likeness (QED) is 0.698. The van der Waals surface area contributed by atoms with Crippen molar-refractivity contribution in [3.63, 3.8) is 0 Å². The molecule has 0 aromatic carbocycles. The topological polar surface area (TPSA) is 101 Å². The second-order valence-corrected chi connectivity index (χ2v) is 6.60. The number of carbonyl (C=O) groups is 2. The molecule has 3 unspecified atom stereocenters. The lowest BCUT2D eigenvalue weighted by Crippen LogP contribution is -2.42. The number of hydrogen-bond acceptors (Lipinski definition) is 4. The van der Waals surface area contributed by atoms with Crippen LogP contribution in [-0.4, -0.2) is 43.5 Å². The van der Waals surface area contributed by atoms with E-state index in [1.165, 1.54) is 13.8 Å². The lowest BCUT2D eigenvalue weighted by Gasteiger charge is -2.19. The van der Waals surface area contributed by atoms with E-state index >= 15 is 0 Å². The summed E-state index contributed by atoms with van der Waals surface area (Å²) < 4.78 is 22.0. The SMILES string of the molecule is CC(CS(C)(=O)=O)NC(=O)C(C)C(C)C(=O)O. The van der Waals surface area contributed by atoms with Gasteiger partial charge < -0.3 is 10.4 Å². The molecule has 100 valence electrons. The summed E-state index contributed by atoms with van der Waals surface area (Å²) in [5.74, 6) is -3.16. The van der Waals surface area contributed by atoms with Gasteiger partial charge in [0.15, 0.2) is 0 Å². The molecular formula is C10H19NO5S. The molecule has 0 aliphatic rings. The van der Waals surface area contributed by atoms with Crippen molar-refractivity contribution in [2.24, 2.45) is 11.8 Å². The van der Waals surface area contributed by atoms with Crippen molar-refractivity contribution in [3.05, 3.63) is 0 Å². The van der Waals surface area contributed by atoms with Gasteiger partial charge in [-0.15, -0.1) is 0 Å². The minimum Gasteiger partial charge on any atom is -0.481 e. The molecule has 0 aliphatic carbocycles. The van der Waals surface area contributed by atoms with Crippen LogP contribution in [-0.2, 0) is 19.4 Å². The highest BCUT2D eigenvalue weighted by atomic mass is 32.2. The van der Waals surface area contributed by atoms with E-state index in [-0.39, 0.29) is 5.75 Å². The zero-order valence-electron chi connectivity index (χ0n) is 10.4. The molecule has 3 atom stereocenters. The van der Waals surface area contributed by atoms with Gasteiger partial charge >= 0.3 is 5.97 Å². The average Bonchev–Trinajstić information content (AvgIpc) is 2.11. The number of carboxylic acids is 1. The number of sulfone groups is 1. The van der Waals surface area contributed by atoms with Gasteiger partial charge in [0.1, 0.15) is 9.84 Å². The molecule has 0 aliphatic heterocycles. The summed E-state index contributed by atoms with van der Waals surface area (Å²) in [5, 5.41) is 11.2. The first kappa shape index (κ1) is 15.9. The van der Waals surface area contributed by atoms with Crippen molar-refractivity contribution in [1.82, 2.24) is 5.32 Å². The van der Waals surface area contributed by atoms with Crippen LogP contribution in [0.3, 0.4) is 0 Å². The van der Waals surface area contributed by atoms with Crippen LogP contribution in [0, 0.1) is 11.8 Å². The van der Waals surface area contributed by atoms with Gasteiger partial charge in [-0.2, -0.15) is 0 Å². The molecule has 0 saturated carbocycles. The summed E-state index contributed by atoms with van der Waals surface area (Å²) >= 11 is 0. The first-order valence-corrected chi connectivity index (χ1v) is 7.31. The Bertz CT molecular complexity index is 390. The van der Waals surface area contributed by atoms with Crippen LogP contribution >= 0.6 is 0 Å². The minimum absolute atomic E-state index is 0.160. The van der Waals surface area contributed by atoms with Crippen LogP contribution in [0.5, 0.6) is 0 Å². The van der Waals surface area contributed by atoms with E-state index in [1.807, 2.05) is 0 Å². The number of aliphatic carboxylic acids is 1. The maximum Gasteiger partial charge on any atom is 0.307 e. The van der Waals surface area contributed by atoms with Crippen molar-refractivity contribution >= 4 is 21.7 Å². The molecular weight excluding hydrogens is 246 g/mol. The van der Waals surface area contributed by atoms with Gasteiger partial charge in [-0.25, -0.2) is 8.42 Å². The molecule has 0 spiro atoms. The van der Waals surface area contributed by atoms with Crippen molar-refractivity contribution in [1.29, 1.82) is 0 Å². The Labute approximate surface area is 101 Å². The number of carboxylic acid groups (broad SMARTS) is 1. The maximum absolute atomic E-state index is 11.6. The largest absolute Gasteiger partial charge is 0.481 e. The molecule has 2 N–H and O–H groups in total. The van der Waals surface area contributed by atoms with Crippen LogP contribution in [0.1, 0.15) is 20.8 Å². The molecule has 0 saturated heterocycles. The highest BCUT2D eigenvalue weighted by Gasteiger charge is 2.26. The average molecular weight is 265 g/mol. The van der Waals surface area contributed by atoms with Crippen LogP contribution in [0.15, 0.2) is 0 Å². The summed E-state index contributed by atoms with van der Waals surface area (Å²) in [7, 11) is -3.16. The van der Waals surface area contributed by atoms with E-state index < -0.39 is 39.6 Å². The maximum atomic E-state index is 11.6. The zero-order chi connectivity index (χ0) is 13.8. The van der Waals surface area contributed by atoms with Gasteiger partial charge in [0, 0.05) is 18.2 Å². The summed E-state index contributed by atoms with van der Waals surface area (Å²) in [4.78, 5) is 22.3. The molecule has 1 amide bonds. The third kappa shape index (κ3) is 6.25. The molecule has 0 bridgehead atoms. The number of carbonyl (C=O) groups excluding carboxylic acids is 1. The van der Waals surface area contributed by atoms with Gasteiger partial charge in [-0.05, 0) is 6.92 Å². The molecule has 7 heteroatoms. The molecule has 0 heterocycles. The lowest BCUT2D eigenvalue weighted by atomic mass is 9.95. The van der Waals surface area contributed by atoms with Crippen LogP contribution in [0.25, 0.3) is 0 Å². The van der Waals surface area contributed by atoms with Gasteiger partial charge in [0.05, 0.1) is 11.7 Å². The summed E-state index contributed by atoms with van der Waals surface area (Å²) in [5.41, 5.74) is 0. The molecule has 0 fully saturated rings. The highest BCUT2D eigenvalue weighted by Crippen LogP contribution is 2.11. The van der Waals surface area contributed by atoms with Gasteiger partial charge in [-0.1, -0.05) is 13.8 Å². The first-order valence-electron chi connectivity index (χ1n) is 5.25. The monoisotopic (exact) mass is 265 g/mol. The first-order chi connectivity index (χ1) is 7.54. The predicted octanol–water partition coefficient (Wildman–Crippen LogP) is -0.107. The summed E-state index contributed by atoms with van der Waals surface area (Å²) in [6.45, 7) is 4.51. The highest BCUT2D eigenvalue weighted by molar-refractivity contribution is 7.90. The number of rotatable bonds is 6. The Morgan fingerprint density at radius 1 is 1.18 bits per heavy atom. The van der Waals surface area contributed by atoms with E-state index in [9.17, 15) is 18.0 Å².